The lowest BCUT2D eigenvalue weighted by molar-refractivity contribution is 0.0955. The molecule has 0 aliphatic heterocycles. The van der Waals surface area contributed by atoms with Crippen LogP contribution in [0.15, 0.2) is 58.4 Å². The van der Waals surface area contributed by atoms with Crippen molar-refractivity contribution in [2.24, 2.45) is 5.10 Å². The molecule has 2 heterocycles. The van der Waals surface area contributed by atoms with Gasteiger partial charge < -0.3 is 4.57 Å². The van der Waals surface area contributed by atoms with Gasteiger partial charge >= 0.3 is 0 Å². The summed E-state index contributed by atoms with van der Waals surface area (Å²) in [7, 11) is 0. The molecule has 0 aliphatic carbocycles. The van der Waals surface area contributed by atoms with E-state index in [1.807, 2.05) is 13.8 Å². The maximum Gasteiger partial charge on any atom is 0.272 e. The molecule has 0 bridgehead atoms. The molecule has 0 aliphatic rings. The van der Waals surface area contributed by atoms with Crippen molar-refractivity contribution in [2.75, 3.05) is 0 Å². The van der Waals surface area contributed by atoms with Gasteiger partial charge in [-0.05, 0) is 61.0 Å². The Kier molecular flexibility index (Phi) is 5.32. The summed E-state index contributed by atoms with van der Waals surface area (Å²) in [6, 6.07) is 11.8. The van der Waals surface area contributed by atoms with Crippen LogP contribution in [-0.2, 0) is 0 Å². The molecule has 0 saturated carbocycles. The second-order valence-electron chi connectivity index (χ2n) is 6.01. The first-order valence-electron chi connectivity index (χ1n) is 8.17. The monoisotopic (exact) mass is 410 g/mol. The average Bonchev–Trinajstić information content (AvgIpc) is 2.86. The largest absolute Gasteiger partial charge is 0.317 e. The lowest BCUT2D eigenvalue weighted by Gasteiger charge is -2.09. The molecule has 6 heteroatoms. The number of nitrogens with zero attached hydrogens (tertiary/aromatic N) is 3. The number of nitrogens with one attached hydrogen (secondary N) is 1. The normalized spacial score (nSPS) is 11.1. The van der Waals surface area contributed by atoms with Crippen LogP contribution in [0.5, 0.6) is 0 Å². The zero-order chi connectivity index (χ0) is 18.7. The maximum absolute atomic E-state index is 12.0. The van der Waals surface area contributed by atoms with E-state index in [4.69, 9.17) is 0 Å². The number of hydrazone groups is 1. The molecule has 0 spiro atoms. The SMILES string of the molecule is Cc1ccc(-n2c(C)c(Br)c(/C=N\NC(=O)c3cccnc3)c2C)cc1. The first kappa shape index (κ1) is 18.1. The summed E-state index contributed by atoms with van der Waals surface area (Å²) in [5.41, 5.74) is 8.35. The Hall–Kier alpha value is -2.73. The second-order valence-corrected chi connectivity index (χ2v) is 6.80. The highest BCUT2D eigenvalue weighted by atomic mass is 79.9. The number of carbonyl (C=O) groups excluding carboxylic acids is 1. The summed E-state index contributed by atoms with van der Waals surface area (Å²) in [6.45, 7) is 6.14. The van der Waals surface area contributed by atoms with Gasteiger partial charge in [-0.1, -0.05) is 17.7 Å². The van der Waals surface area contributed by atoms with Gasteiger partial charge in [0.2, 0.25) is 0 Å². The molecule has 3 aromatic rings. The van der Waals surface area contributed by atoms with Crippen molar-refractivity contribution < 1.29 is 4.79 Å². The molecular formula is C20H19BrN4O. The average molecular weight is 411 g/mol. The highest BCUT2D eigenvalue weighted by molar-refractivity contribution is 9.10. The van der Waals surface area contributed by atoms with Crippen molar-refractivity contribution in [1.82, 2.24) is 15.0 Å². The Morgan fingerprint density at radius 3 is 2.54 bits per heavy atom. The molecule has 0 saturated heterocycles. The number of amides is 1. The van der Waals surface area contributed by atoms with Crippen LogP contribution in [0.2, 0.25) is 0 Å². The van der Waals surface area contributed by atoms with E-state index in [0.717, 1.165) is 27.1 Å². The summed E-state index contributed by atoms with van der Waals surface area (Å²) in [4.78, 5) is 16.0. The number of benzene rings is 1. The zero-order valence-corrected chi connectivity index (χ0v) is 16.4. The van der Waals surface area contributed by atoms with Crippen molar-refractivity contribution in [3.8, 4) is 5.69 Å². The number of pyridine rings is 1. The second kappa shape index (κ2) is 7.66. The number of carbonyl (C=O) groups is 1. The molecule has 1 N–H and O–H groups in total. The van der Waals surface area contributed by atoms with E-state index in [-0.39, 0.29) is 5.91 Å². The molecular weight excluding hydrogens is 392 g/mol. The van der Waals surface area contributed by atoms with E-state index >= 15 is 0 Å². The van der Waals surface area contributed by atoms with E-state index in [1.54, 1.807) is 24.5 Å². The summed E-state index contributed by atoms with van der Waals surface area (Å²) in [5, 5.41) is 4.11. The van der Waals surface area contributed by atoms with Crippen LogP contribution in [0.25, 0.3) is 5.69 Å². The summed E-state index contributed by atoms with van der Waals surface area (Å²) in [6.07, 6.45) is 4.78. The Morgan fingerprint density at radius 2 is 1.88 bits per heavy atom. The number of aromatic nitrogens is 2. The molecule has 3 rings (SSSR count). The first-order chi connectivity index (χ1) is 12.5. The Balaban J connectivity index is 1.86. The van der Waals surface area contributed by atoms with Crippen LogP contribution < -0.4 is 5.43 Å². The highest BCUT2D eigenvalue weighted by Gasteiger charge is 2.15. The smallest absolute Gasteiger partial charge is 0.272 e. The number of hydrogen-bond donors (Lipinski definition) is 1. The third-order valence-corrected chi connectivity index (χ3v) is 5.19. The molecule has 2 aromatic heterocycles. The summed E-state index contributed by atoms with van der Waals surface area (Å²) >= 11 is 3.64. The fourth-order valence-electron chi connectivity index (χ4n) is 2.77. The number of rotatable bonds is 4. The van der Waals surface area contributed by atoms with Crippen LogP contribution in [0.1, 0.15) is 32.9 Å². The van der Waals surface area contributed by atoms with Crippen LogP contribution >= 0.6 is 15.9 Å². The fraction of sp³-hybridized carbons (Fsp3) is 0.150. The molecule has 1 amide bonds. The van der Waals surface area contributed by atoms with Crippen molar-refractivity contribution in [3.63, 3.8) is 0 Å². The van der Waals surface area contributed by atoms with Gasteiger partial charge in [0.05, 0.1) is 11.8 Å². The molecule has 1 aromatic carbocycles. The third-order valence-electron chi connectivity index (χ3n) is 4.19. The van der Waals surface area contributed by atoms with Gasteiger partial charge in [-0.2, -0.15) is 5.10 Å². The van der Waals surface area contributed by atoms with Gasteiger partial charge in [0.1, 0.15) is 0 Å². The molecule has 5 nitrogen and oxygen atoms in total. The topological polar surface area (TPSA) is 59.3 Å². The van der Waals surface area contributed by atoms with Crippen molar-refractivity contribution in [2.45, 2.75) is 20.8 Å². The summed E-state index contributed by atoms with van der Waals surface area (Å²) in [5.74, 6) is -0.294. The van der Waals surface area contributed by atoms with E-state index in [1.165, 1.54) is 11.8 Å². The lowest BCUT2D eigenvalue weighted by atomic mass is 10.2. The molecule has 0 atom stereocenters. The fourth-order valence-corrected chi connectivity index (χ4v) is 3.34. The van der Waals surface area contributed by atoms with Crippen molar-refractivity contribution in [1.29, 1.82) is 0 Å². The van der Waals surface area contributed by atoms with Gasteiger partial charge in [-0.15, -0.1) is 0 Å². The number of hydrogen-bond acceptors (Lipinski definition) is 3. The van der Waals surface area contributed by atoms with E-state index < -0.39 is 0 Å². The van der Waals surface area contributed by atoms with E-state index in [0.29, 0.717) is 5.56 Å². The molecule has 26 heavy (non-hydrogen) atoms. The molecule has 0 fully saturated rings. The molecule has 0 unspecified atom stereocenters. The minimum atomic E-state index is -0.294. The van der Waals surface area contributed by atoms with E-state index in [2.05, 4.69) is 67.2 Å². The van der Waals surface area contributed by atoms with Gasteiger partial charge in [0, 0.05) is 39.5 Å². The summed E-state index contributed by atoms with van der Waals surface area (Å²) < 4.78 is 3.11. The minimum Gasteiger partial charge on any atom is -0.317 e. The molecule has 132 valence electrons. The highest BCUT2D eigenvalue weighted by Crippen LogP contribution is 2.29. The maximum atomic E-state index is 12.0. The standard InChI is InChI=1S/C20H19BrN4O/c1-13-6-8-17(9-7-13)25-14(2)18(19(21)15(25)3)12-23-24-20(26)16-5-4-10-22-11-16/h4-12H,1-3H3,(H,24,26)/b23-12-. The van der Waals surface area contributed by atoms with Crippen molar-refractivity contribution >= 4 is 28.1 Å². The van der Waals surface area contributed by atoms with Crippen LogP contribution in [0, 0.1) is 20.8 Å². The van der Waals surface area contributed by atoms with Crippen LogP contribution in [0.3, 0.4) is 0 Å². The number of aryl methyl sites for hydroxylation is 1. The Bertz CT molecular complexity index is 960. The van der Waals surface area contributed by atoms with E-state index in [9.17, 15) is 4.79 Å². The quantitative estimate of drug-likeness (QED) is 0.514. The number of halogens is 1. The zero-order valence-electron chi connectivity index (χ0n) is 14.8. The van der Waals surface area contributed by atoms with Gasteiger partial charge in [0.25, 0.3) is 5.91 Å². The Labute approximate surface area is 160 Å². The predicted octanol–water partition coefficient (Wildman–Crippen LogP) is 4.32. The Morgan fingerprint density at radius 1 is 1.15 bits per heavy atom. The van der Waals surface area contributed by atoms with Gasteiger partial charge in [-0.25, -0.2) is 5.43 Å². The first-order valence-corrected chi connectivity index (χ1v) is 8.96. The van der Waals surface area contributed by atoms with Crippen LogP contribution in [0.4, 0.5) is 0 Å². The third kappa shape index (κ3) is 3.60. The van der Waals surface area contributed by atoms with Crippen LogP contribution in [-0.4, -0.2) is 21.7 Å². The lowest BCUT2D eigenvalue weighted by Crippen LogP contribution is -2.17. The van der Waals surface area contributed by atoms with Gasteiger partial charge in [0.15, 0.2) is 0 Å². The molecule has 0 radical (unpaired) electrons. The minimum absolute atomic E-state index is 0.294. The predicted molar refractivity (Wildman–Crippen MR) is 107 cm³/mol. The van der Waals surface area contributed by atoms with Gasteiger partial charge in [-0.3, -0.25) is 9.78 Å². The van der Waals surface area contributed by atoms with Crippen molar-refractivity contribution in [3.05, 3.63) is 81.3 Å².